The quantitative estimate of drug-likeness (QED) is 0.149. The number of ether oxygens (including phenoxy) is 2. The number of carbonyl (C=O) groups is 2. The second kappa shape index (κ2) is 11.7. The first kappa shape index (κ1) is 36.2. The van der Waals surface area contributed by atoms with Gasteiger partial charge in [-0.1, -0.05) is 53.2 Å². The van der Waals surface area contributed by atoms with Crippen LogP contribution in [-0.4, -0.2) is 82.6 Å². The van der Waals surface area contributed by atoms with Crippen LogP contribution in [0.5, 0.6) is 0 Å². The number of aliphatic hydroxyl groups is 2. The second-order valence-electron chi connectivity index (χ2n) is 17.2. The fourth-order valence-corrected chi connectivity index (χ4v) is 13.0. The molecule has 14 atom stereocenters. The first-order valence-electron chi connectivity index (χ1n) is 17.6. The Morgan fingerprint density at radius 3 is 2.23 bits per heavy atom. The number of carboxylic acid groups (broad SMARTS) is 2. The van der Waals surface area contributed by atoms with Crippen molar-refractivity contribution in [1.82, 2.24) is 0 Å². The van der Waals surface area contributed by atoms with Crippen molar-refractivity contribution in [3.05, 3.63) is 11.6 Å². The molecule has 0 aromatic heterocycles. The Bertz CT molecular complexity index is 1460. The van der Waals surface area contributed by atoms with E-state index >= 15 is 0 Å². The summed E-state index contributed by atoms with van der Waals surface area (Å²) < 4.78 is 49.3. The molecule has 272 valence electrons. The monoisotopic (exact) mass is 698 g/mol. The molecule has 0 spiro atoms. The van der Waals surface area contributed by atoms with Gasteiger partial charge in [-0.2, -0.15) is 8.42 Å². The first-order valence-corrected chi connectivity index (χ1v) is 19.0. The maximum absolute atomic E-state index is 13.8. The highest BCUT2D eigenvalue weighted by Crippen LogP contribution is 2.76. The zero-order chi connectivity index (χ0) is 35.4. The number of allylic oxidation sites excluding steroid dienone is 1. The van der Waals surface area contributed by atoms with Gasteiger partial charge >= 0.3 is 22.3 Å². The van der Waals surface area contributed by atoms with E-state index < -0.39 is 74.7 Å². The minimum atomic E-state index is -4.99. The van der Waals surface area contributed by atoms with Crippen LogP contribution in [0.1, 0.15) is 99.3 Å². The van der Waals surface area contributed by atoms with Crippen LogP contribution in [0.25, 0.3) is 0 Å². The molecule has 5 aliphatic carbocycles. The second-order valence-corrected chi connectivity index (χ2v) is 18.3. The minimum Gasteiger partial charge on any atom is -0.481 e. The van der Waals surface area contributed by atoms with Crippen molar-refractivity contribution in [2.45, 2.75) is 130 Å². The number of aliphatic hydroxyl groups excluding tert-OH is 2. The van der Waals surface area contributed by atoms with E-state index in [0.717, 1.165) is 18.4 Å². The Kier molecular flexibility index (Phi) is 8.83. The number of rotatable bonds is 6. The summed E-state index contributed by atoms with van der Waals surface area (Å²) in [5, 5.41) is 42.6. The predicted octanol–water partition coefficient (Wildman–Crippen LogP) is 4.44. The van der Waals surface area contributed by atoms with Crippen LogP contribution in [0.4, 0.5) is 0 Å². The van der Waals surface area contributed by atoms with Crippen LogP contribution < -0.4 is 0 Å². The number of hydrogen-bond acceptors (Lipinski definition) is 9. The van der Waals surface area contributed by atoms with E-state index in [0.29, 0.717) is 50.9 Å². The third-order valence-electron chi connectivity index (χ3n) is 15.1. The third kappa shape index (κ3) is 4.99. The van der Waals surface area contributed by atoms with Gasteiger partial charge in [0.25, 0.3) is 0 Å². The van der Waals surface area contributed by atoms with Crippen molar-refractivity contribution < 1.29 is 56.6 Å². The standard InChI is InChI=1S/C35H54O12S/c1-18-9-14-34(29(38)39)15-16-35(30(40)41)20(25(34)19(18)2)7-8-23-32(5)12-11-24(31(3,4)22(32)10-13-33(23,35)6)46-28-27(47-48(42,43)44)26(37)21(36)17-45-28/h7,18-19,21-28,36-37H,8-17H2,1-6H3,(H,38,39)(H,40,41)(H,42,43,44)/t18-,19+,21-,22?,23?,24+,25?,26+,27-,28+,32+,33-,34+,35-/m1/s1. The molecule has 6 aliphatic rings. The molecular weight excluding hydrogens is 644 g/mol. The zero-order valence-electron chi connectivity index (χ0n) is 28.9. The lowest BCUT2D eigenvalue weighted by molar-refractivity contribution is -0.303. The molecule has 0 aromatic rings. The van der Waals surface area contributed by atoms with Gasteiger partial charge in [0.15, 0.2) is 12.4 Å². The van der Waals surface area contributed by atoms with Gasteiger partial charge < -0.3 is 29.9 Å². The predicted molar refractivity (Wildman–Crippen MR) is 172 cm³/mol. The van der Waals surface area contributed by atoms with Crippen LogP contribution in [0.3, 0.4) is 0 Å². The smallest absolute Gasteiger partial charge is 0.397 e. The molecule has 0 amide bonds. The van der Waals surface area contributed by atoms with E-state index in [1.54, 1.807) is 0 Å². The molecule has 12 nitrogen and oxygen atoms in total. The van der Waals surface area contributed by atoms with E-state index in [1.165, 1.54) is 0 Å². The molecule has 5 N–H and O–H groups in total. The lowest BCUT2D eigenvalue weighted by Gasteiger charge is -2.70. The van der Waals surface area contributed by atoms with Gasteiger partial charge in [0.2, 0.25) is 0 Å². The average Bonchev–Trinajstić information content (AvgIpc) is 2.98. The summed E-state index contributed by atoms with van der Waals surface area (Å²) in [6, 6.07) is 0. The Balaban J connectivity index is 1.34. The minimum absolute atomic E-state index is 0.0102. The Morgan fingerprint density at radius 2 is 1.60 bits per heavy atom. The molecule has 1 heterocycles. The van der Waals surface area contributed by atoms with Crippen LogP contribution in [0, 0.1) is 56.7 Å². The van der Waals surface area contributed by atoms with E-state index in [4.69, 9.17) is 13.7 Å². The average molecular weight is 699 g/mol. The van der Waals surface area contributed by atoms with Crippen molar-refractivity contribution in [1.29, 1.82) is 0 Å². The maximum atomic E-state index is 13.8. The summed E-state index contributed by atoms with van der Waals surface area (Å²) in [5.41, 5.74) is -2.66. The first-order chi connectivity index (χ1) is 22.2. The highest BCUT2D eigenvalue weighted by Gasteiger charge is 2.73. The van der Waals surface area contributed by atoms with Crippen molar-refractivity contribution in [3.63, 3.8) is 0 Å². The van der Waals surface area contributed by atoms with Gasteiger partial charge in [-0.05, 0) is 104 Å². The van der Waals surface area contributed by atoms with Crippen molar-refractivity contribution in [2.24, 2.45) is 56.7 Å². The summed E-state index contributed by atoms with van der Waals surface area (Å²) in [6.07, 6.45) is 0.874. The molecule has 13 heteroatoms. The maximum Gasteiger partial charge on any atom is 0.397 e. The molecule has 0 aromatic carbocycles. The summed E-state index contributed by atoms with van der Waals surface area (Å²) in [7, 11) is -4.99. The van der Waals surface area contributed by atoms with Gasteiger partial charge in [-0.25, -0.2) is 4.18 Å². The fraction of sp³-hybridized carbons (Fsp3) is 0.886. The summed E-state index contributed by atoms with van der Waals surface area (Å²) in [4.78, 5) is 26.8. The van der Waals surface area contributed by atoms with Gasteiger partial charge in [-0.3, -0.25) is 14.1 Å². The lowest BCUT2D eigenvalue weighted by Crippen LogP contribution is -2.68. The molecule has 4 saturated carbocycles. The highest BCUT2D eigenvalue weighted by atomic mass is 32.3. The molecule has 5 fully saturated rings. The molecular formula is C35H54O12S. The Hall–Kier alpha value is -1.61. The number of fused-ring (bicyclic) bond motifs is 7. The van der Waals surface area contributed by atoms with Crippen LogP contribution in [0.15, 0.2) is 11.6 Å². The summed E-state index contributed by atoms with van der Waals surface area (Å²) in [6.45, 7) is 12.6. The van der Waals surface area contributed by atoms with Crippen molar-refractivity contribution >= 4 is 22.3 Å². The summed E-state index contributed by atoms with van der Waals surface area (Å²) >= 11 is 0. The van der Waals surface area contributed by atoms with Gasteiger partial charge in [0, 0.05) is 0 Å². The normalized spacial score (nSPS) is 50.1. The molecule has 48 heavy (non-hydrogen) atoms. The van der Waals surface area contributed by atoms with Gasteiger partial charge in [0.1, 0.15) is 12.2 Å². The number of hydrogen-bond donors (Lipinski definition) is 5. The lowest BCUT2D eigenvalue weighted by atomic mass is 9.33. The van der Waals surface area contributed by atoms with Gasteiger partial charge in [0.05, 0.1) is 23.5 Å². The summed E-state index contributed by atoms with van der Waals surface area (Å²) in [5.74, 6) is -1.54. The molecule has 0 bridgehead atoms. The zero-order valence-corrected chi connectivity index (χ0v) is 29.7. The van der Waals surface area contributed by atoms with E-state index in [9.17, 15) is 43.0 Å². The number of carboxylic acids is 2. The van der Waals surface area contributed by atoms with Crippen LogP contribution in [0.2, 0.25) is 0 Å². The van der Waals surface area contributed by atoms with Crippen LogP contribution in [-0.2, 0) is 33.6 Å². The van der Waals surface area contributed by atoms with E-state index in [-0.39, 0.29) is 35.7 Å². The molecule has 0 radical (unpaired) electrons. The van der Waals surface area contributed by atoms with E-state index in [1.807, 2.05) is 0 Å². The van der Waals surface area contributed by atoms with Gasteiger partial charge in [-0.15, -0.1) is 0 Å². The molecule has 1 aliphatic heterocycles. The Labute approximate surface area is 283 Å². The largest absolute Gasteiger partial charge is 0.481 e. The highest BCUT2D eigenvalue weighted by molar-refractivity contribution is 7.80. The Morgan fingerprint density at radius 1 is 0.917 bits per heavy atom. The van der Waals surface area contributed by atoms with E-state index in [2.05, 4.69) is 47.6 Å². The third-order valence-corrected chi connectivity index (χ3v) is 15.6. The number of aliphatic carboxylic acids is 2. The molecule has 1 saturated heterocycles. The van der Waals surface area contributed by atoms with Crippen molar-refractivity contribution in [2.75, 3.05) is 6.61 Å². The fourth-order valence-electron chi connectivity index (χ4n) is 12.5. The topological polar surface area (TPSA) is 197 Å². The molecule has 3 unspecified atom stereocenters. The van der Waals surface area contributed by atoms with Crippen LogP contribution >= 0.6 is 0 Å². The molecule has 6 rings (SSSR count). The SMILES string of the molecule is C[C@@H]1CC[C@]2(C(=O)O)CC[C@]3(C(=O)O)C(=CCC4[C@@]5(C)CC[C@H](O[C@@H]6OC[C@@H](O)[C@H](O)[C@H]6OS(=O)(=O)O)C(C)(C)C5CC[C@]43C)C2[C@H]1C. The van der Waals surface area contributed by atoms with Crippen molar-refractivity contribution in [3.8, 4) is 0 Å².